The van der Waals surface area contributed by atoms with Crippen molar-refractivity contribution in [3.8, 4) is 23.1 Å². The van der Waals surface area contributed by atoms with E-state index >= 15 is 0 Å². The molecule has 124 valence electrons. The van der Waals surface area contributed by atoms with Gasteiger partial charge in [-0.3, -0.25) is 4.79 Å². The Labute approximate surface area is 154 Å². The molecule has 0 N–H and O–H groups in total. The van der Waals surface area contributed by atoms with Crippen LogP contribution in [0.2, 0.25) is 5.02 Å². The van der Waals surface area contributed by atoms with Crippen LogP contribution in [-0.4, -0.2) is 17.4 Å². The second-order valence-corrected chi connectivity index (χ2v) is 6.53. The van der Waals surface area contributed by atoms with Crippen LogP contribution in [0.4, 0.5) is 0 Å². The van der Waals surface area contributed by atoms with Gasteiger partial charge in [-0.2, -0.15) is 5.26 Å². The minimum absolute atomic E-state index is 0.194. The molecular weight excluding hydrogens is 356 g/mol. The van der Waals surface area contributed by atoms with Crippen molar-refractivity contribution in [3.05, 3.63) is 70.0 Å². The van der Waals surface area contributed by atoms with Crippen LogP contribution in [0.3, 0.4) is 0 Å². The van der Waals surface area contributed by atoms with Crippen molar-refractivity contribution >= 4 is 28.7 Å². The molecule has 3 rings (SSSR count). The number of halogens is 1. The zero-order valence-corrected chi connectivity index (χ0v) is 14.6. The smallest absolute Gasteiger partial charge is 0.194 e. The Balaban J connectivity index is 1.69. The highest BCUT2D eigenvalue weighted by atomic mass is 35.5. The Morgan fingerprint density at radius 3 is 2.60 bits per heavy atom. The maximum Gasteiger partial charge on any atom is 0.194 e. The number of aromatic nitrogens is 1. The summed E-state index contributed by atoms with van der Waals surface area (Å²) in [6.07, 6.45) is 0. The summed E-state index contributed by atoms with van der Waals surface area (Å²) in [5, 5.41) is 12.3. The van der Waals surface area contributed by atoms with Gasteiger partial charge in [0.1, 0.15) is 17.4 Å². The maximum atomic E-state index is 12.4. The van der Waals surface area contributed by atoms with Crippen LogP contribution >= 0.6 is 22.9 Å². The van der Waals surface area contributed by atoms with Crippen molar-refractivity contribution in [3.63, 3.8) is 0 Å². The number of nitriles is 1. The van der Waals surface area contributed by atoms with Crippen molar-refractivity contribution in [2.24, 2.45) is 0 Å². The summed E-state index contributed by atoms with van der Waals surface area (Å²) in [6.45, 7) is -0.194. The van der Waals surface area contributed by atoms with E-state index in [1.54, 1.807) is 24.3 Å². The predicted octanol–water partition coefficient (Wildman–Crippen LogP) is 4.72. The fourth-order valence-electron chi connectivity index (χ4n) is 2.20. The largest absolute Gasteiger partial charge is 0.486 e. The molecule has 6 heteroatoms. The van der Waals surface area contributed by atoms with E-state index in [1.807, 2.05) is 41.8 Å². The standard InChI is InChI=1S/C19H13ClN2O2S/c20-14-6-8-15(9-7-14)24-11-18(23)16(10-21)19-22-17(12-25-19)13-4-2-1-3-5-13/h1-9,12,16H,11H2. The van der Waals surface area contributed by atoms with Crippen LogP contribution in [-0.2, 0) is 4.79 Å². The third-order valence-electron chi connectivity index (χ3n) is 3.48. The minimum atomic E-state index is -0.935. The van der Waals surface area contributed by atoms with E-state index in [1.165, 1.54) is 11.3 Å². The highest BCUT2D eigenvalue weighted by Gasteiger charge is 2.24. The number of carbonyl (C=O) groups is 1. The zero-order valence-electron chi connectivity index (χ0n) is 13.1. The van der Waals surface area contributed by atoms with Crippen molar-refractivity contribution in [2.45, 2.75) is 5.92 Å². The number of benzene rings is 2. The molecule has 0 bridgehead atoms. The summed E-state index contributed by atoms with van der Waals surface area (Å²) < 4.78 is 5.44. The van der Waals surface area contributed by atoms with E-state index in [-0.39, 0.29) is 12.4 Å². The molecule has 1 unspecified atom stereocenters. The third-order valence-corrected chi connectivity index (χ3v) is 4.65. The fourth-order valence-corrected chi connectivity index (χ4v) is 3.21. The highest BCUT2D eigenvalue weighted by molar-refractivity contribution is 7.10. The van der Waals surface area contributed by atoms with E-state index in [0.717, 1.165) is 11.3 Å². The topological polar surface area (TPSA) is 63.0 Å². The number of nitrogens with zero attached hydrogens (tertiary/aromatic N) is 2. The van der Waals surface area contributed by atoms with Gasteiger partial charge in [-0.15, -0.1) is 11.3 Å². The van der Waals surface area contributed by atoms with Gasteiger partial charge in [-0.05, 0) is 24.3 Å². The number of thiazole rings is 1. The quantitative estimate of drug-likeness (QED) is 0.631. The molecule has 0 amide bonds. The molecule has 0 saturated heterocycles. The van der Waals surface area contributed by atoms with E-state index in [0.29, 0.717) is 15.8 Å². The average Bonchev–Trinajstić information content (AvgIpc) is 3.12. The highest BCUT2D eigenvalue weighted by Crippen LogP contribution is 2.27. The molecule has 25 heavy (non-hydrogen) atoms. The van der Waals surface area contributed by atoms with Gasteiger partial charge in [0, 0.05) is 16.0 Å². The summed E-state index contributed by atoms with van der Waals surface area (Å²) in [5.41, 5.74) is 1.71. The molecule has 0 fully saturated rings. The van der Waals surface area contributed by atoms with E-state index < -0.39 is 5.92 Å². The summed E-state index contributed by atoms with van der Waals surface area (Å²) >= 11 is 7.11. The monoisotopic (exact) mass is 368 g/mol. The first kappa shape index (κ1) is 17.2. The molecule has 0 aliphatic rings. The second-order valence-electron chi connectivity index (χ2n) is 5.21. The van der Waals surface area contributed by atoms with Gasteiger partial charge in [0.2, 0.25) is 0 Å². The molecule has 0 aliphatic heterocycles. The van der Waals surface area contributed by atoms with Gasteiger partial charge in [0.05, 0.1) is 11.8 Å². The molecule has 1 heterocycles. The first-order valence-corrected chi connectivity index (χ1v) is 8.74. The molecule has 1 atom stereocenters. The number of ketones is 1. The van der Waals surface area contributed by atoms with Crippen molar-refractivity contribution in [1.82, 2.24) is 4.98 Å². The Bertz CT molecular complexity index is 901. The molecule has 1 aromatic heterocycles. The average molecular weight is 369 g/mol. The Kier molecular flexibility index (Phi) is 5.44. The van der Waals surface area contributed by atoms with Gasteiger partial charge in [0.25, 0.3) is 0 Å². The van der Waals surface area contributed by atoms with Gasteiger partial charge in [0.15, 0.2) is 11.7 Å². The minimum Gasteiger partial charge on any atom is -0.486 e. The number of ether oxygens (including phenoxy) is 1. The molecule has 4 nitrogen and oxygen atoms in total. The summed E-state index contributed by atoms with van der Waals surface area (Å²) in [5.74, 6) is -0.736. The van der Waals surface area contributed by atoms with Gasteiger partial charge < -0.3 is 4.74 Å². The Morgan fingerprint density at radius 2 is 1.92 bits per heavy atom. The lowest BCUT2D eigenvalue weighted by atomic mass is 10.1. The Hall–Kier alpha value is -2.68. The lowest BCUT2D eigenvalue weighted by Crippen LogP contribution is -2.19. The number of carbonyl (C=O) groups excluding carboxylic acids is 1. The van der Waals surface area contributed by atoms with Crippen LogP contribution in [0.5, 0.6) is 5.75 Å². The van der Waals surface area contributed by atoms with Crippen LogP contribution in [0.1, 0.15) is 10.9 Å². The van der Waals surface area contributed by atoms with Crippen LogP contribution in [0.25, 0.3) is 11.3 Å². The fraction of sp³-hybridized carbons (Fsp3) is 0.105. The SMILES string of the molecule is N#CC(C(=O)COc1ccc(Cl)cc1)c1nc(-c2ccccc2)cs1. The normalized spacial score (nSPS) is 11.5. The van der Waals surface area contributed by atoms with Gasteiger partial charge >= 0.3 is 0 Å². The number of hydrogen-bond acceptors (Lipinski definition) is 5. The predicted molar refractivity (Wildman–Crippen MR) is 97.9 cm³/mol. The van der Waals surface area contributed by atoms with E-state index in [9.17, 15) is 10.1 Å². The van der Waals surface area contributed by atoms with Crippen LogP contribution < -0.4 is 4.74 Å². The van der Waals surface area contributed by atoms with Crippen molar-refractivity contribution < 1.29 is 9.53 Å². The first-order chi connectivity index (χ1) is 12.2. The van der Waals surface area contributed by atoms with E-state index in [4.69, 9.17) is 16.3 Å². The Morgan fingerprint density at radius 1 is 1.20 bits per heavy atom. The maximum absolute atomic E-state index is 12.4. The molecule has 0 saturated carbocycles. The number of rotatable bonds is 6. The molecular formula is C19H13ClN2O2S. The second kappa shape index (κ2) is 7.93. The molecule has 0 aliphatic carbocycles. The first-order valence-electron chi connectivity index (χ1n) is 7.49. The van der Waals surface area contributed by atoms with Crippen LogP contribution in [0.15, 0.2) is 60.0 Å². The third kappa shape index (κ3) is 4.24. The van der Waals surface area contributed by atoms with Crippen molar-refractivity contribution in [1.29, 1.82) is 5.26 Å². The van der Waals surface area contributed by atoms with Gasteiger partial charge in [-0.1, -0.05) is 41.9 Å². The molecule has 3 aromatic rings. The molecule has 2 aromatic carbocycles. The van der Waals surface area contributed by atoms with Crippen LogP contribution in [0, 0.1) is 11.3 Å². The number of hydrogen-bond donors (Lipinski definition) is 0. The lowest BCUT2D eigenvalue weighted by molar-refractivity contribution is -0.121. The van der Waals surface area contributed by atoms with Crippen molar-refractivity contribution in [2.75, 3.05) is 6.61 Å². The molecule has 0 spiro atoms. The van der Waals surface area contributed by atoms with Gasteiger partial charge in [-0.25, -0.2) is 4.98 Å². The molecule has 0 radical (unpaired) electrons. The summed E-state index contributed by atoms with van der Waals surface area (Å²) in [7, 11) is 0. The zero-order chi connectivity index (χ0) is 17.6. The lowest BCUT2D eigenvalue weighted by Gasteiger charge is -2.08. The number of Topliss-reactive ketones (excluding diaryl/α,β-unsaturated/α-hetero) is 1. The summed E-state index contributed by atoms with van der Waals surface area (Å²) in [4.78, 5) is 16.8. The summed E-state index contributed by atoms with van der Waals surface area (Å²) in [6, 6.07) is 18.4. The van der Waals surface area contributed by atoms with E-state index in [2.05, 4.69) is 4.98 Å².